The minimum atomic E-state index is -3.70. The van der Waals surface area contributed by atoms with E-state index in [1.807, 2.05) is 0 Å². The van der Waals surface area contributed by atoms with Gasteiger partial charge in [-0.1, -0.05) is 11.6 Å². The van der Waals surface area contributed by atoms with Crippen LogP contribution in [0.2, 0.25) is 4.34 Å². The number of halogens is 2. The molecule has 0 saturated heterocycles. The molecular formula is C21H16ClFN4O4S2. The molecule has 0 spiro atoms. The monoisotopic (exact) mass is 506 g/mol. The number of carbonyl (C=O) groups excluding carboxylic acids is 1. The van der Waals surface area contributed by atoms with Crippen LogP contribution >= 0.6 is 22.9 Å². The highest BCUT2D eigenvalue weighted by molar-refractivity contribution is 7.90. The van der Waals surface area contributed by atoms with Gasteiger partial charge in [0.2, 0.25) is 15.0 Å². The summed E-state index contributed by atoms with van der Waals surface area (Å²) in [4.78, 5) is 28.8. The highest BCUT2D eigenvalue weighted by Crippen LogP contribution is 2.22. The third-order valence-corrected chi connectivity index (χ3v) is 6.77. The molecular weight excluding hydrogens is 491 g/mol. The van der Waals surface area contributed by atoms with Crippen LogP contribution in [-0.2, 0) is 16.4 Å². The molecule has 0 fully saturated rings. The van der Waals surface area contributed by atoms with Crippen LogP contribution in [0.4, 0.5) is 4.39 Å². The summed E-state index contributed by atoms with van der Waals surface area (Å²) in [7, 11) is -3.70. The summed E-state index contributed by atoms with van der Waals surface area (Å²) < 4.78 is 41.2. The van der Waals surface area contributed by atoms with Crippen molar-refractivity contribution in [3.8, 4) is 11.4 Å². The van der Waals surface area contributed by atoms with Crippen molar-refractivity contribution in [2.75, 3.05) is 6.26 Å². The maximum absolute atomic E-state index is 13.6. The largest absolute Gasteiger partial charge is 0.346 e. The van der Waals surface area contributed by atoms with Crippen LogP contribution in [0.15, 0.2) is 70.9 Å². The Kier molecular flexibility index (Phi) is 6.19. The third-order valence-electron chi connectivity index (χ3n) is 4.59. The Morgan fingerprint density at radius 3 is 2.39 bits per heavy atom. The molecule has 1 amide bonds. The number of hydrogen-bond acceptors (Lipinski definition) is 6. The van der Waals surface area contributed by atoms with Crippen LogP contribution in [-0.4, -0.2) is 34.7 Å². The smallest absolute Gasteiger partial charge is 0.291 e. The topological polar surface area (TPSA) is 103 Å². The number of amides is 1. The Balaban J connectivity index is 1.63. The molecule has 8 nitrogen and oxygen atoms in total. The summed E-state index contributed by atoms with van der Waals surface area (Å²) in [5, 5.41) is 2.48. The summed E-state index contributed by atoms with van der Waals surface area (Å²) in [5.41, 5.74) is 0.400. The van der Waals surface area contributed by atoms with Crippen molar-refractivity contribution in [2.45, 2.75) is 11.7 Å². The zero-order valence-electron chi connectivity index (χ0n) is 17.0. The maximum Gasteiger partial charge on any atom is 0.291 e. The minimum absolute atomic E-state index is 0.000637. The molecule has 1 N–H and O–H groups in total. The van der Waals surface area contributed by atoms with E-state index in [4.69, 9.17) is 11.6 Å². The zero-order valence-corrected chi connectivity index (χ0v) is 19.4. The number of thiophene rings is 1. The molecule has 0 bridgehead atoms. The van der Waals surface area contributed by atoms with Crippen LogP contribution < -0.4 is 10.9 Å². The van der Waals surface area contributed by atoms with Gasteiger partial charge in [-0.15, -0.1) is 11.3 Å². The Bertz CT molecular complexity index is 1510. The van der Waals surface area contributed by atoms with Gasteiger partial charge < -0.3 is 5.32 Å². The molecule has 3 heterocycles. The first-order valence-corrected chi connectivity index (χ1v) is 12.5. The summed E-state index contributed by atoms with van der Waals surface area (Å²) in [6.45, 7) is 0.000637. The van der Waals surface area contributed by atoms with E-state index in [1.165, 1.54) is 23.0 Å². The molecule has 0 radical (unpaired) electrons. The fraction of sp³-hybridized carbons (Fsp3) is 0.0952. The van der Waals surface area contributed by atoms with Crippen molar-refractivity contribution in [3.05, 3.63) is 92.0 Å². The molecule has 33 heavy (non-hydrogen) atoms. The predicted molar refractivity (Wildman–Crippen MR) is 123 cm³/mol. The van der Waals surface area contributed by atoms with E-state index in [9.17, 15) is 22.4 Å². The van der Waals surface area contributed by atoms with Gasteiger partial charge in [0, 0.05) is 30.0 Å². The number of pyridine rings is 1. The first-order chi connectivity index (χ1) is 15.6. The molecule has 0 unspecified atom stereocenters. The van der Waals surface area contributed by atoms with E-state index in [1.54, 1.807) is 36.4 Å². The first kappa shape index (κ1) is 22.9. The predicted octanol–water partition coefficient (Wildman–Crippen LogP) is 3.21. The van der Waals surface area contributed by atoms with Crippen LogP contribution in [0.5, 0.6) is 0 Å². The zero-order chi connectivity index (χ0) is 23.8. The van der Waals surface area contributed by atoms with Gasteiger partial charge in [-0.25, -0.2) is 17.8 Å². The van der Waals surface area contributed by atoms with Crippen LogP contribution in [0, 0.1) is 5.82 Å². The maximum atomic E-state index is 13.6. The summed E-state index contributed by atoms with van der Waals surface area (Å²) in [6, 6.07) is 12.0. The number of imidazole rings is 1. The quantitative estimate of drug-likeness (QED) is 0.432. The van der Waals surface area contributed by atoms with Crippen LogP contribution in [0.1, 0.15) is 15.4 Å². The van der Waals surface area contributed by atoms with E-state index < -0.39 is 21.2 Å². The molecule has 170 valence electrons. The Labute approximate surface area is 196 Å². The second kappa shape index (κ2) is 8.93. The van der Waals surface area contributed by atoms with E-state index in [0.29, 0.717) is 26.3 Å². The normalized spacial score (nSPS) is 11.5. The van der Waals surface area contributed by atoms with Crippen molar-refractivity contribution in [3.63, 3.8) is 0 Å². The SMILES string of the molecule is CS(=O)(=O)c1nc(CNC(=O)c2ccc(Cl)s2)cn1-c1ccc(-n2cccc(F)c2=O)cc1. The van der Waals surface area contributed by atoms with Crippen molar-refractivity contribution >= 4 is 38.7 Å². The second-order valence-corrected chi connectivity index (χ2v) is 10.6. The fourth-order valence-electron chi connectivity index (χ4n) is 3.08. The van der Waals surface area contributed by atoms with Gasteiger partial charge >= 0.3 is 0 Å². The van der Waals surface area contributed by atoms with Gasteiger partial charge in [0.15, 0.2) is 5.82 Å². The average molecular weight is 507 g/mol. The van der Waals surface area contributed by atoms with Gasteiger partial charge in [-0.3, -0.25) is 18.7 Å². The number of benzene rings is 1. The highest BCUT2D eigenvalue weighted by Gasteiger charge is 2.20. The summed E-state index contributed by atoms with van der Waals surface area (Å²) in [6.07, 6.45) is 3.96. The van der Waals surface area contributed by atoms with Crippen molar-refractivity contribution in [1.29, 1.82) is 0 Å². The molecule has 3 aromatic heterocycles. The van der Waals surface area contributed by atoms with Gasteiger partial charge in [-0.05, 0) is 48.5 Å². The molecule has 1 aromatic carbocycles. The lowest BCUT2D eigenvalue weighted by Crippen LogP contribution is -2.22. The van der Waals surface area contributed by atoms with Gasteiger partial charge in [0.1, 0.15) is 0 Å². The molecule has 12 heteroatoms. The number of hydrogen-bond donors (Lipinski definition) is 1. The lowest BCUT2D eigenvalue weighted by Gasteiger charge is -2.09. The molecule has 4 rings (SSSR count). The highest BCUT2D eigenvalue weighted by atomic mass is 35.5. The van der Waals surface area contributed by atoms with Gasteiger partial charge in [0.05, 0.1) is 21.5 Å². The van der Waals surface area contributed by atoms with Crippen molar-refractivity contribution in [1.82, 2.24) is 19.4 Å². The van der Waals surface area contributed by atoms with E-state index in [0.717, 1.165) is 28.2 Å². The van der Waals surface area contributed by atoms with Crippen molar-refractivity contribution < 1.29 is 17.6 Å². The lowest BCUT2D eigenvalue weighted by atomic mass is 10.2. The first-order valence-electron chi connectivity index (χ1n) is 9.43. The molecule has 0 aliphatic heterocycles. The Morgan fingerprint density at radius 1 is 1.12 bits per heavy atom. The number of sulfone groups is 1. The lowest BCUT2D eigenvalue weighted by molar-refractivity contribution is 0.0954. The number of nitrogens with zero attached hydrogens (tertiary/aromatic N) is 3. The molecule has 0 aliphatic carbocycles. The number of carbonyl (C=O) groups is 1. The van der Waals surface area contributed by atoms with E-state index in [-0.39, 0.29) is 17.6 Å². The Hall–Kier alpha value is -3.28. The molecule has 0 aliphatic rings. The number of rotatable bonds is 6. The van der Waals surface area contributed by atoms with Crippen LogP contribution in [0.3, 0.4) is 0 Å². The molecule has 0 atom stereocenters. The second-order valence-electron chi connectivity index (χ2n) is 6.99. The number of aromatic nitrogens is 3. The van der Waals surface area contributed by atoms with E-state index >= 15 is 0 Å². The van der Waals surface area contributed by atoms with Crippen LogP contribution in [0.25, 0.3) is 11.4 Å². The number of nitrogens with one attached hydrogen (secondary N) is 1. The summed E-state index contributed by atoms with van der Waals surface area (Å²) in [5.74, 6) is -1.24. The summed E-state index contributed by atoms with van der Waals surface area (Å²) >= 11 is 6.98. The standard InChI is InChI=1S/C21H16ClFN4O4S2/c1-33(30,31)21-25-13(11-24-19(28)17-8-9-18(22)32-17)12-27(21)15-6-4-14(5-7-15)26-10-2-3-16(23)20(26)29/h2-10,12H,11H2,1H3,(H,24,28). The van der Waals surface area contributed by atoms with Crippen molar-refractivity contribution in [2.24, 2.45) is 0 Å². The molecule has 0 saturated carbocycles. The van der Waals surface area contributed by atoms with Gasteiger partial charge in [0.25, 0.3) is 11.5 Å². The molecule has 4 aromatic rings. The van der Waals surface area contributed by atoms with E-state index in [2.05, 4.69) is 10.3 Å². The third kappa shape index (κ3) is 4.90. The average Bonchev–Trinajstić information content (AvgIpc) is 3.41. The van der Waals surface area contributed by atoms with Gasteiger partial charge in [-0.2, -0.15) is 0 Å². The Morgan fingerprint density at radius 2 is 1.79 bits per heavy atom. The fourth-order valence-corrected chi connectivity index (χ4v) is 4.84. The minimum Gasteiger partial charge on any atom is -0.346 e.